The van der Waals surface area contributed by atoms with E-state index >= 15 is 0 Å². The first-order valence-corrected chi connectivity index (χ1v) is 7.07. The molecule has 20 heavy (non-hydrogen) atoms. The third-order valence-electron chi connectivity index (χ3n) is 3.30. The molecule has 0 saturated heterocycles. The molecule has 1 heterocycles. The van der Waals surface area contributed by atoms with Gasteiger partial charge in [-0.15, -0.1) is 0 Å². The molecule has 4 heteroatoms. The number of hydrogen-bond acceptors (Lipinski definition) is 4. The average molecular weight is 270 g/mol. The molecule has 0 amide bonds. The van der Waals surface area contributed by atoms with E-state index in [-0.39, 0.29) is 0 Å². The van der Waals surface area contributed by atoms with Gasteiger partial charge in [0, 0.05) is 30.5 Å². The fraction of sp³-hybridized carbons (Fsp3) is 0.375. The first-order chi connectivity index (χ1) is 9.63. The Morgan fingerprint density at radius 1 is 1.05 bits per heavy atom. The van der Waals surface area contributed by atoms with E-state index in [0.29, 0.717) is 0 Å². The molecule has 1 aromatic carbocycles. The fourth-order valence-electron chi connectivity index (χ4n) is 2.12. The van der Waals surface area contributed by atoms with Gasteiger partial charge in [0.15, 0.2) is 0 Å². The fourth-order valence-corrected chi connectivity index (χ4v) is 2.12. The summed E-state index contributed by atoms with van der Waals surface area (Å²) in [5.74, 6) is 1.62. The largest absolute Gasteiger partial charge is 0.341 e. The van der Waals surface area contributed by atoms with Crippen molar-refractivity contribution in [3.8, 4) is 0 Å². The summed E-state index contributed by atoms with van der Waals surface area (Å²) in [6, 6.07) is 10.2. The number of nitrogens with zero attached hydrogens (tertiary/aromatic N) is 3. The summed E-state index contributed by atoms with van der Waals surface area (Å²) in [6.45, 7) is 10.1. The van der Waals surface area contributed by atoms with Crippen LogP contribution < -0.4 is 10.2 Å². The monoisotopic (exact) mass is 270 g/mol. The number of para-hydroxylation sites is 1. The normalized spacial score (nSPS) is 10.4. The summed E-state index contributed by atoms with van der Waals surface area (Å²) in [4.78, 5) is 11.3. The highest BCUT2D eigenvalue weighted by molar-refractivity contribution is 5.61. The predicted octanol–water partition coefficient (Wildman–Crippen LogP) is 3.68. The molecule has 0 radical (unpaired) electrons. The molecule has 0 fully saturated rings. The molecule has 0 saturated carbocycles. The highest BCUT2D eigenvalue weighted by Gasteiger charge is 2.08. The van der Waals surface area contributed by atoms with E-state index in [4.69, 9.17) is 0 Å². The van der Waals surface area contributed by atoms with Gasteiger partial charge in [-0.1, -0.05) is 18.2 Å². The third kappa shape index (κ3) is 3.26. The number of benzene rings is 1. The molecule has 1 N–H and O–H groups in total. The second-order valence-corrected chi connectivity index (χ2v) is 4.81. The zero-order valence-corrected chi connectivity index (χ0v) is 12.6. The van der Waals surface area contributed by atoms with Crippen LogP contribution in [-0.2, 0) is 0 Å². The quantitative estimate of drug-likeness (QED) is 0.899. The number of nitrogens with one attached hydrogen (secondary N) is 1. The highest BCUT2D eigenvalue weighted by atomic mass is 15.3. The van der Waals surface area contributed by atoms with Crippen molar-refractivity contribution in [3.63, 3.8) is 0 Å². The molecule has 0 bridgehead atoms. The molecule has 0 spiro atoms. The predicted molar refractivity (Wildman–Crippen MR) is 84.8 cm³/mol. The Labute approximate surface area is 120 Å². The maximum Gasteiger partial charge on any atom is 0.227 e. The van der Waals surface area contributed by atoms with Crippen molar-refractivity contribution in [1.29, 1.82) is 0 Å². The molecule has 106 valence electrons. The van der Waals surface area contributed by atoms with Gasteiger partial charge in [-0.05, 0) is 39.3 Å². The zero-order chi connectivity index (χ0) is 14.5. The Balaban J connectivity index is 2.31. The van der Waals surface area contributed by atoms with Crippen LogP contribution in [0.1, 0.15) is 25.1 Å². The number of aromatic nitrogens is 2. The van der Waals surface area contributed by atoms with E-state index in [1.807, 2.05) is 25.1 Å². The molecular formula is C16H22N4. The van der Waals surface area contributed by atoms with Gasteiger partial charge >= 0.3 is 0 Å². The van der Waals surface area contributed by atoms with Crippen molar-refractivity contribution in [1.82, 2.24) is 9.97 Å². The first-order valence-electron chi connectivity index (χ1n) is 7.07. The molecule has 2 rings (SSSR count). The summed E-state index contributed by atoms with van der Waals surface area (Å²) < 4.78 is 0. The molecule has 1 aromatic heterocycles. The summed E-state index contributed by atoms with van der Waals surface area (Å²) in [7, 11) is 0. The Kier molecular flexibility index (Phi) is 4.56. The van der Waals surface area contributed by atoms with Crippen LogP contribution >= 0.6 is 0 Å². The van der Waals surface area contributed by atoms with Gasteiger partial charge in [-0.3, -0.25) is 0 Å². The molecule has 0 aliphatic rings. The second kappa shape index (κ2) is 6.37. The highest BCUT2D eigenvalue weighted by Crippen LogP contribution is 2.21. The lowest BCUT2D eigenvalue weighted by Crippen LogP contribution is -2.24. The minimum atomic E-state index is 0.783. The first kappa shape index (κ1) is 14.3. The Bertz CT molecular complexity index is 576. The van der Waals surface area contributed by atoms with Crippen LogP contribution in [0.15, 0.2) is 30.3 Å². The maximum atomic E-state index is 4.62. The van der Waals surface area contributed by atoms with Crippen LogP contribution in [0, 0.1) is 13.8 Å². The lowest BCUT2D eigenvalue weighted by atomic mass is 10.2. The van der Waals surface area contributed by atoms with E-state index in [2.05, 4.69) is 53.1 Å². The molecule has 0 aliphatic carbocycles. The van der Waals surface area contributed by atoms with Gasteiger partial charge in [0.05, 0.1) is 0 Å². The number of hydrogen-bond donors (Lipinski definition) is 1. The van der Waals surface area contributed by atoms with Crippen molar-refractivity contribution >= 4 is 17.5 Å². The van der Waals surface area contributed by atoms with Crippen LogP contribution in [0.5, 0.6) is 0 Å². The van der Waals surface area contributed by atoms with Gasteiger partial charge in [-0.25, -0.2) is 4.98 Å². The molecule has 2 aromatic rings. The van der Waals surface area contributed by atoms with Crippen LogP contribution in [0.4, 0.5) is 17.5 Å². The van der Waals surface area contributed by atoms with Crippen molar-refractivity contribution in [2.45, 2.75) is 27.7 Å². The van der Waals surface area contributed by atoms with Gasteiger partial charge in [0.2, 0.25) is 5.95 Å². The van der Waals surface area contributed by atoms with Crippen LogP contribution in [0.2, 0.25) is 0 Å². The lowest BCUT2D eigenvalue weighted by molar-refractivity contribution is 0.817. The molecule has 0 atom stereocenters. The molecule has 0 aliphatic heterocycles. The number of rotatable bonds is 5. The van der Waals surface area contributed by atoms with Crippen LogP contribution in [-0.4, -0.2) is 23.1 Å². The number of aryl methyl sites for hydroxylation is 2. The van der Waals surface area contributed by atoms with E-state index in [1.54, 1.807) is 0 Å². The molecule has 4 nitrogen and oxygen atoms in total. The van der Waals surface area contributed by atoms with Crippen molar-refractivity contribution < 1.29 is 0 Å². The van der Waals surface area contributed by atoms with E-state index in [9.17, 15) is 0 Å². The van der Waals surface area contributed by atoms with Crippen LogP contribution in [0.3, 0.4) is 0 Å². The average Bonchev–Trinajstić information content (AvgIpc) is 2.42. The SMILES string of the molecule is CCN(CC)c1nc(C)cc(Nc2ccccc2C)n1. The molecule has 0 unspecified atom stereocenters. The minimum absolute atomic E-state index is 0.783. The van der Waals surface area contributed by atoms with Crippen molar-refractivity contribution in [3.05, 3.63) is 41.6 Å². The minimum Gasteiger partial charge on any atom is -0.341 e. The third-order valence-corrected chi connectivity index (χ3v) is 3.30. The zero-order valence-electron chi connectivity index (χ0n) is 12.6. The maximum absolute atomic E-state index is 4.62. The Hall–Kier alpha value is -2.10. The van der Waals surface area contributed by atoms with Gasteiger partial charge < -0.3 is 10.2 Å². The molecular weight excluding hydrogens is 248 g/mol. The lowest BCUT2D eigenvalue weighted by Gasteiger charge is -2.20. The summed E-state index contributed by atoms with van der Waals surface area (Å²) in [6.07, 6.45) is 0. The summed E-state index contributed by atoms with van der Waals surface area (Å²) >= 11 is 0. The topological polar surface area (TPSA) is 41.1 Å². The van der Waals surface area contributed by atoms with Crippen molar-refractivity contribution in [2.24, 2.45) is 0 Å². The standard InChI is InChI=1S/C16H22N4/c1-5-20(6-2)16-17-13(4)11-15(19-16)18-14-10-8-7-9-12(14)3/h7-11H,5-6H2,1-4H3,(H,17,18,19). The summed E-state index contributed by atoms with van der Waals surface area (Å²) in [5, 5.41) is 3.38. The van der Waals surface area contributed by atoms with Crippen LogP contribution in [0.25, 0.3) is 0 Å². The Morgan fingerprint density at radius 2 is 1.75 bits per heavy atom. The Morgan fingerprint density at radius 3 is 2.40 bits per heavy atom. The van der Waals surface area contributed by atoms with Gasteiger partial charge in [-0.2, -0.15) is 4.98 Å². The van der Waals surface area contributed by atoms with E-state index in [0.717, 1.165) is 36.2 Å². The van der Waals surface area contributed by atoms with E-state index in [1.165, 1.54) is 5.56 Å². The van der Waals surface area contributed by atoms with Crippen molar-refractivity contribution in [2.75, 3.05) is 23.3 Å². The van der Waals surface area contributed by atoms with E-state index < -0.39 is 0 Å². The smallest absolute Gasteiger partial charge is 0.227 e. The van der Waals surface area contributed by atoms with Gasteiger partial charge in [0.1, 0.15) is 5.82 Å². The number of anilines is 3. The van der Waals surface area contributed by atoms with Gasteiger partial charge in [0.25, 0.3) is 0 Å². The second-order valence-electron chi connectivity index (χ2n) is 4.81. The summed E-state index contributed by atoms with van der Waals surface area (Å²) in [5.41, 5.74) is 3.25.